The van der Waals surface area contributed by atoms with Gasteiger partial charge in [-0.2, -0.15) is 0 Å². The molecule has 74 valence electrons. The average Bonchev–Trinajstić information content (AvgIpc) is 2.73. The van der Waals surface area contributed by atoms with Crippen molar-refractivity contribution in [3.63, 3.8) is 0 Å². The molecular weight excluding hydrogens is 262 g/mol. The van der Waals surface area contributed by atoms with Crippen molar-refractivity contribution in [3.05, 3.63) is 44.4 Å². The fraction of sp³-hybridized carbons (Fsp3) is 0.200. The van der Waals surface area contributed by atoms with Crippen LogP contribution in [0.1, 0.15) is 21.4 Å². The van der Waals surface area contributed by atoms with Crippen molar-refractivity contribution in [1.29, 1.82) is 0 Å². The molecule has 0 radical (unpaired) electrons. The lowest BCUT2D eigenvalue weighted by molar-refractivity contribution is 0.562. The fourth-order valence-electron chi connectivity index (χ4n) is 1.32. The molecule has 4 heteroatoms. The Balaban J connectivity index is 2.36. The molecule has 1 unspecified atom stereocenters. The molecule has 0 saturated carbocycles. The maximum Gasteiger partial charge on any atom is 0.0954 e. The minimum atomic E-state index is -0.0955. The number of halogens is 1. The van der Waals surface area contributed by atoms with Crippen LogP contribution in [0.15, 0.2) is 33.5 Å². The van der Waals surface area contributed by atoms with Crippen LogP contribution in [0.4, 0.5) is 0 Å². The van der Waals surface area contributed by atoms with Crippen molar-refractivity contribution in [1.82, 2.24) is 0 Å². The van der Waals surface area contributed by atoms with Gasteiger partial charge in [-0.25, -0.2) is 0 Å². The van der Waals surface area contributed by atoms with Gasteiger partial charge in [-0.15, -0.1) is 11.3 Å². The minimum absolute atomic E-state index is 0.0955. The van der Waals surface area contributed by atoms with Crippen molar-refractivity contribution in [3.8, 4) is 0 Å². The van der Waals surface area contributed by atoms with Crippen molar-refractivity contribution >= 4 is 27.3 Å². The molecule has 0 aliphatic heterocycles. The van der Waals surface area contributed by atoms with Crippen LogP contribution in [-0.4, -0.2) is 0 Å². The third kappa shape index (κ3) is 1.78. The number of rotatable bonds is 2. The monoisotopic (exact) mass is 271 g/mol. The maximum atomic E-state index is 6.10. The molecule has 1 atom stereocenters. The minimum Gasteiger partial charge on any atom is -0.472 e. The topological polar surface area (TPSA) is 39.2 Å². The first-order valence-electron chi connectivity index (χ1n) is 4.22. The molecular formula is C10H10BrNOS. The van der Waals surface area contributed by atoms with Crippen LogP contribution >= 0.6 is 27.3 Å². The smallest absolute Gasteiger partial charge is 0.0954 e. The van der Waals surface area contributed by atoms with Gasteiger partial charge in [-0.3, -0.25) is 0 Å². The first-order chi connectivity index (χ1) is 6.68. The van der Waals surface area contributed by atoms with Crippen LogP contribution in [-0.2, 0) is 0 Å². The van der Waals surface area contributed by atoms with E-state index >= 15 is 0 Å². The summed E-state index contributed by atoms with van der Waals surface area (Å²) in [6.45, 7) is 2.07. The summed E-state index contributed by atoms with van der Waals surface area (Å²) in [4.78, 5) is 2.40. The third-order valence-corrected chi connectivity index (χ3v) is 4.07. The van der Waals surface area contributed by atoms with Gasteiger partial charge in [-0.1, -0.05) is 0 Å². The van der Waals surface area contributed by atoms with Gasteiger partial charge in [0.05, 0.1) is 18.6 Å². The number of aryl methyl sites for hydroxylation is 1. The first-order valence-corrected chi connectivity index (χ1v) is 5.83. The molecule has 2 heterocycles. The molecule has 0 aliphatic rings. The van der Waals surface area contributed by atoms with E-state index in [1.54, 1.807) is 23.9 Å². The van der Waals surface area contributed by atoms with Crippen molar-refractivity contribution in [2.24, 2.45) is 5.73 Å². The summed E-state index contributed by atoms with van der Waals surface area (Å²) < 4.78 is 6.09. The third-order valence-electron chi connectivity index (χ3n) is 2.02. The Hall–Kier alpha value is -0.580. The normalized spacial score (nSPS) is 13.1. The van der Waals surface area contributed by atoms with E-state index in [9.17, 15) is 0 Å². The molecule has 0 fully saturated rings. The van der Waals surface area contributed by atoms with Crippen LogP contribution in [0.2, 0.25) is 0 Å². The van der Waals surface area contributed by atoms with Crippen LogP contribution < -0.4 is 5.73 Å². The predicted octanol–water partition coefficient (Wildman–Crippen LogP) is 3.46. The highest BCUT2D eigenvalue weighted by Gasteiger charge is 2.15. The Bertz CT molecular complexity index is 421. The highest BCUT2D eigenvalue weighted by Crippen LogP contribution is 2.34. The van der Waals surface area contributed by atoms with E-state index in [1.165, 1.54) is 4.88 Å². The highest BCUT2D eigenvalue weighted by atomic mass is 79.9. The van der Waals surface area contributed by atoms with Crippen molar-refractivity contribution < 1.29 is 4.42 Å². The van der Waals surface area contributed by atoms with Gasteiger partial charge in [0.15, 0.2) is 0 Å². The Kier molecular flexibility index (Phi) is 2.76. The quantitative estimate of drug-likeness (QED) is 0.909. The molecule has 0 aliphatic carbocycles. The summed E-state index contributed by atoms with van der Waals surface area (Å²) >= 11 is 5.21. The maximum absolute atomic E-state index is 6.10. The number of furan rings is 1. The van der Waals surface area contributed by atoms with E-state index < -0.39 is 0 Å². The Morgan fingerprint density at radius 2 is 2.36 bits per heavy atom. The van der Waals surface area contributed by atoms with Gasteiger partial charge < -0.3 is 10.2 Å². The first kappa shape index (κ1) is 9.96. The summed E-state index contributed by atoms with van der Waals surface area (Å²) in [5.41, 5.74) is 7.10. The van der Waals surface area contributed by atoms with E-state index in [-0.39, 0.29) is 6.04 Å². The Labute approximate surface area is 94.9 Å². The van der Waals surface area contributed by atoms with Gasteiger partial charge in [-0.05, 0) is 35.0 Å². The largest absolute Gasteiger partial charge is 0.472 e. The van der Waals surface area contributed by atoms with Crippen LogP contribution in [0.3, 0.4) is 0 Å². The molecule has 0 spiro atoms. The van der Waals surface area contributed by atoms with Crippen LogP contribution in [0.5, 0.6) is 0 Å². The van der Waals surface area contributed by atoms with E-state index in [1.807, 2.05) is 6.07 Å². The lowest BCUT2D eigenvalue weighted by Gasteiger charge is -2.06. The van der Waals surface area contributed by atoms with E-state index in [0.29, 0.717) is 0 Å². The standard InChI is InChI=1S/C10H10BrNOS/c1-6-4-8(11)10(14-6)9(12)7-2-3-13-5-7/h2-5,9H,12H2,1H3. The number of hydrogen-bond acceptors (Lipinski definition) is 3. The molecule has 2 nitrogen and oxygen atoms in total. The molecule has 0 aromatic carbocycles. The zero-order chi connectivity index (χ0) is 10.1. The van der Waals surface area contributed by atoms with Gasteiger partial charge >= 0.3 is 0 Å². The summed E-state index contributed by atoms with van der Waals surface area (Å²) in [6, 6.07) is 3.88. The molecule has 2 aromatic heterocycles. The predicted molar refractivity (Wildman–Crippen MR) is 61.5 cm³/mol. The zero-order valence-electron chi connectivity index (χ0n) is 7.66. The second-order valence-electron chi connectivity index (χ2n) is 3.10. The van der Waals surface area contributed by atoms with E-state index in [4.69, 9.17) is 10.2 Å². The number of nitrogens with two attached hydrogens (primary N) is 1. The SMILES string of the molecule is Cc1cc(Br)c(C(N)c2ccoc2)s1. The van der Waals surface area contributed by atoms with Gasteiger partial charge in [0.1, 0.15) is 0 Å². The molecule has 2 rings (SSSR count). The van der Waals surface area contributed by atoms with Crippen LogP contribution in [0, 0.1) is 6.92 Å². The zero-order valence-corrected chi connectivity index (χ0v) is 10.1. The van der Waals surface area contributed by atoms with Crippen molar-refractivity contribution in [2.75, 3.05) is 0 Å². The molecule has 0 bridgehead atoms. The summed E-state index contributed by atoms with van der Waals surface area (Å²) in [7, 11) is 0. The molecule has 0 amide bonds. The lowest BCUT2D eigenvalue weighted by Crippen LogP contribution is -2.09. The average molecular weight is 272 g/mol. The Morgan fingerprint density at radius 1 is 1.57 bits per heavy atom. The number of hydrogen-bond donors (Lipinski definition) is 1. The van der Waals surface area contributed by atoms with Crippen LogP contribution in [0.25, 0.3) is 0 Å². The van der Waals surface area contributed by atoms with Gasteiger partial charge in [0.25, 0.3) is 0 Å². The van der Waals surface area contributed by atoms with Gasteiger partial charge in [0, 0.05) is 19.8 Å². The summed E-state index contributed by atoms with van der Waals surface area (Å²) in [5.74, 6) is 0. The fourth-order valence-corrected chi connectivity index (χ4v) is 3.24. The van der Waals surface area contributed by atoms with E-state index in [0.717, 1.165) is 14.9 Å². The second kappa shape index (κ2) is 3.88. The summed E-state index contributed by atoms with van der Waals surface area (Å²) in [6.07, 6.45) is 3.33. The van der Waals surface area contributed by atoms with Gasteiger partial charge in [0.2, 0.25) is 0 Å². The Morgan fingerprint density at radius 3 is 2.86 bits per heavy atom. The number of thiophene rings is 1. The summed E-state index contributed by atoms with van der Waals surface area (Å²) in [5, 5.41) is 0. The molecule has 2 aromatic rings. The highest BCUT2D eigenvalue weighted by molar-refractivity contribution is 9.10. The molecule has 14 heavy (non-hydrogen) atoms. The second-order valence-corrected chi connectivity index (χ2v) is 5.25. The molecule has 0 saturated heterocycles. The lowest BCUT2D eigenvalue weighted by atomic mass is 10.1. The van der Waals surface area contributed by atoms with E-state index in [2.05, 4.69) is 28.9 Å². The molecule has 2 N–H and O–H groups in total. The van der Waals surface area contributed by atoms with Crippen molar-refractivity contribution in [2.45, 2.75) is 13.0 Å².